The molecular weight excluding hydrogens is 372 g/mol. The predicted octanol–water partition coefficient (Wildman–Crippen LogP) is 3.89. The van der Waals surface area contributed by atoms with Crippen LogP contribution in [0.3, 0.4) is 0 Å². The van der Waals surface area contributed by atoms with E-state index in [0.717, 1.165) is 39.3 Å². The summed E-state index contributed by atoms with van der Waals surface area (Å²) in [5, 5.41) is 0. The molecule has 1 aliphatic heterocycles. The first-order chi connectivity index (χ1) is 15.1. The van der Waals surface area contributed by atoms with Crippen molar-refractivity contribution < 1.29 is 7.54 Å². The summed E-state index contributed by atoms with van der Waals surface area (Å²) in [5.74, 6) is -0.838. The van der Waals surface area contributed by atoms with Crippen molar-refractivity contribution >= 4 is 5.91 Å². The molecule has 1 saturated carbocycles. The fraction of sp³-hybridized carbons (Fsp3) is 0.600. The van der Waals surface area contributed by atoms with E-state index in [4.69, 9.17) is 2.74 Å². The zero-order valence-electron chi connectivity index (χ0n) is 20.7. The average molecular weight is 413 g/mol. The summed E-state index contributed by atoms with van der Waals surface area (Å²) < 4.78 is 18.9. The van der Waals surface area contributed by atoms with Crippen molar-refractivity contribution in [2.45, 2.75) is 47.2 Å². The van der Waals surface area contributed by atoms with Gasteiger partial charge in [-0.25, -0.2) is 4.98 Å². The second-order valence-electron chi connectivity index (χ2n) is 9.67. The Morgan fingerprint density at radius 3 is 2.57 bits per heavy atom. The van der Waals surface area contributed by atoms with Crippen LogP contribution in [0.15, 0.2) is 42.9 Å². The summed E-state index contributed by atoms with van der Waals surface area (Å²) >= 11 is 0. The van der Waals surface area contributed by atoms with Crippen molar-refractivity contribution in [3.05, 3.63) is 54.1 Å². The molecule has 1 aromatic carbocycles. The molecule has 2 aromatic rings. The van der Waals surface area contributed by atoms with E-state index in [1.54, 1.807) is 13.8 Å². The monoisotopic (exact) mass is 412 g/mol. The first-order valence-electron chi connectivity index (χ1n) is 12.1. The van der Waals surface area contributed by atoms with Gasteiger partial charge in [0.25, 0.3) is 0 Å². The smallest absolute Gasteiger partial charge is 0.226 e. The minimum atomic E-state index is -0.849. The van der Waals surface area contributed by atoms with E-state index in [2.05, 4.69) is 52.6 Å². The molecule has 3 unspecified atom stereocenters. The van der Waals surface area contributed by atoms with Crippen LogP contribution in [-0.2, 0) is 17.9 Å². The third kappa shape index (κ3) is 4.46. The van der Waals surface area contributed by atoms with Gasteiger partial charge in [0, 0.05) is 54.1 Å². The number of carbonyl (C=O) groups is 1. The highest BCUT2D eigenvalue weighted by Gasteiger charge is 2.62. The van der Waals surface area contributed by atoms with Crippen molar-refractivity contribution in [3.8, 4) is 0 Å². The number of rotatable bonds is 7. The Kier molecular flexibility index (Phi) is 5.30. The molecule has 1 amide bonds. The number of benzene rings is 1. The van der Waals surface area contributed by atoms with Crippen LogP contribution in [0.4, 0.5) is 0 Å². The Morgan fingerprint density at radius 1 is 1.20 bits per heavy atom. The summed E-state index contributed by atoms with van der Waals surface area (Å²) in [6.45, 7) is 12.5. The Balaban J connectivity index is 1.32. The summed E-state index contributed by atoms with van der Waals surface area (Å²) in [5.41, 5.74) is 2.25. The summed E-state index contributed by atoms with van der Waals surface area (Å²) in [6, 6.07) is 10.4. The van der Waals surface area contributed by atoms with Gasteiger partial charge < -0.3 is 9.47 Å². The van der Waals surface area contributed by atoms with Gasteiger partial charge in [-0.3, -0.25) is 9.69 Å². The zero-order chi connectivity index (χ0) is 23.1. The molecule has 2 fully saturated rings. The fourth-order valence-electron chi connectivity index (χ4n) is 4.77. The van der Waals surface area contributed by atoms with E-state index in [-0.39, 0.29) is 23.2 Å². The van der Waals surface area contributed by atoms with Gasteiger partial charge in [-0.1, -0.05) is 58.0 Å². The number of hydrogen-bond acceptors (Lipinski definition) is 3. The first kappa shape index (κ1) is 18.6. The van der Waals surface area contributed by atoms with Gasteiger partial charge in [0.2, 0.25) is 5.91 Å². The topological polar surface area (TPSA) is 41.4 Å². The molecule has 3 atom stereocenters. The van der Waals surface area contributed by atoms with Gasteiger partial charge in [0.15, 0.2) is 0 Å². The number of nitrogens with zero attached hydrogens (tertiary/aromatic N) is 4. The Hall–Kier alpha value is -2.14. The second-order valence-corrected chi connectivity index (χ2v) is 9.67. The summed E-state index contributed by atoms with van der Waals surface area (Å²) in [4.78, 5) is 22.0. The molecule has 0 radical (unpaired) electrons. The Bertz CT molecular complexity index is 929. The lowest BCUT2D eigenvalue weighted by Crippen LogP contribution is -2.49. The van der Waals surface area contributed by atoms with Crippen LogP contribution in [-0.4, -0.2) is 51.4 Å². The van der Waals surface area contributed by atoms with Crippen LogP contribution in [0.25, 0.3) is 0 Å². The number of imidazole rings is 1. The molecule has 0 bridgehead atoms. The molecule has 1 aromatic heterocycles. The highest BCUT2D eigenvalue weighted by Crippen LogP contribution is 2.61. The maximum Gasteiger partial charge on any atom is 0.226 e. The van der Waals surface area contributed by atoms with Crippen molar-refractivity contribution in [3.63, 3.8) is 0 Å². The number of piperazine rings is 1. The molecule has 1 saturated heterocycles. The number of carbonyl (C=O) groups excluding carboxylic acids is 1. The van der Waals surface area contributed by atoms with Crippen molar-refractivity contribution in [2.24, 2.45) is 23.1 Å². The van der Waals surface area contributed by atoms with E-state index >= 15 is 0 Å². The van der Waals surface area contributed by atoms with E-state index < -0.39 is 12.3 Å². The standard InChI is InChI=1S/C25H36N4O/c1-19(2)14-22-23(25(22,3)4)24(30)28-12-10-27(11-13-28)17-21-15-26-18-29(21)16-20-8-6-5-7-9-20/h5-9,15,18-19,22-23H,10-14,16-17H2,1-4H3/i14T,19T. The Labute approximate surface area is 183 Å². The second kappa shape index (κ2) is 8.54. The van der Waals surface area contributed by atoms with Gasteiger partial charge in [0.05, 0.1) is 12.0 Å². The van der Waals surface area contributed by atoms with Crippen LogP contribution in [0.2, 0.25) is 0 Å². The van der Waals surface area contributed by atoms with Crippen LogP contribution in [0.5, 0.6) is 0 Å². The quantitative estimate of drug-likeness (QED) is 0.693. The van der Waals surface area contributed by atoms with Gasteiger partial charge in [-0.15, -0.1) is 0 Å². The molecule has 1 aliphatic carbocycles. The normalized spacial score (nSPS) is 26.1. The number of hydrogen-bond donors (Lipinski definition) is 0. The van der Waals surface area contributed by atoms with E-state index in [1.165, 1.54) is 11.3 Å². The zero-order valence-corrected chi connectivity index (χ0v) is 18.7. The van der Waals surface area contributed by atoms with Crippen LogP contribution >= 0.6 is 0 Å². The SMILES string of the molecule is [3H]C(C1C(C(=O)N2CCN(Cc3cncn3Cc3ccccc3)CC2)C1(C)C)C([3H])(C)C. The number of amides is 1. The maximum atomic E-state index is 13.2. The maximum absolute atomic E-state index is 13.2. The molecular formula is C25H36N4O. The molecule has 5 nitrogen and oxygen atoms in total. The Morgan fingerprint density at radius 2 is 1.90 bits per heavy atom. The van der Waals surface area contributed by atoms with E-state index in [9.17, 15) is 4.79 Å². The van der Waals surface area contributed by atoms with Gasteiger partial charge >= 0.3 is 0 Å². The molecule has 30 heavy (non-hydrogen) atoms. The highest BCUT2D eigenvalue weighted by molar-refractivity contribution is 5.83. The predicted molar refractivity (Wildman–Crippen MR) is 120 cm³/mol. The summed E-state index contributed by atoms with van der Waals surface area (Å²) in [6.07, 6.45) is 3.29. The van der Waals surface area contributed by atoms with Crippen molar-refractivity contribution in [1.82, 2.24) is 19.4 Å². The van der Waals surface area contributed by atoms with Crippen LogP contribution < -0.4 is 0 Å². The molecule has 0 N–H and O–H groups in total. The largest absolute Gasteiger partial charge is 0.340 e. The molecule has 2 heterocycles. The third-order valence-electron chi connectivity index (χ3n) is 6.75. The lowest BCUT2D eigenvalue weighted by molar-refractivity contribution is -0.135. The van der Waals surface area contributed by atoms with Gasteiger partial charge in [-0.05, 0) is 29.2 Å². The van der Waals surface area contributed by atoms with Crippen molar-refractivity contribution in [2.75, 3.05) is 26.2 Å². The average Bonchev–Trinajstić information content (AvgIpc) is 3.06. The van der Waals surface area contributed by atoms with Gasteiger partial charge in [-0.2, -0.15) is 0 Å². The molecule has 5 heteroatoms. The van der Waals surface area contributed by atoms with Gasteiger partial charge in [0.1, 0.15) is 0 Å². The molecule has 2 aliphatic rings. The molecule has 162 valence electrons. The minimum absolute atomic E-state index is 0.0344. The van der Waals surface area contributed by atoms with Crippen LogP contribution in [0, 0.1) is 23.1 Å². The highest BCUT2D eigenvalue weighted by atomic mass is 16.2. The fourth-order valence-corrected chi connectivity index (χ4v) is 4.77. The molecule has 0 spiro atoms. The number of aromatic nitrogens is 2. The van der Waals surface area contributed by atoms with E-state index in [0.29, 0.717) is 0 Å². The first-order valence-corrected chi connectivity index (χ1v) is 11.1. The molecule has 4 rings (SSSR count). The summed E-state index contributed by atoms with van der Waals surface area (Å²) in [7, 11) is 0. The van der Waals surface area contributed by atoms with Crippen molar-refractivity contribution in [1.29, 1.82) is 0 Å². The van der Waals surface area contributed by atoms with Crippen LogP contribution in [0.1, 0.15) is 48.1 Å². The lowest BCUT2D eigenvalue weighted by Gasteiger charge is -2.35. The lowest BCUT2D eigenvalue weighted by atomic mass is 10.0. The minimum Gasteiger partial charge on any atom is -0.340 e. The third-order valence-corrected chi connectivity index (χ3v) is 6.75. The van der Waals surface area contributed by atoms with E-state index in [1.807, 2.05) is 23.5 Å².